The molecule has 0 aliphatic heterocycles. The largest absolute Gasteiger partial charge is 0.493 e. The molecule has 5 heteroatoms. The molecule has 18 heavy (non-hydrogen) atoms. The van der Waals surface area contributed by atoms with Gasteiger partial charge >= 0.3 is 0 Å². The second kappa shape index (κ2) is 4.60. The predicted molar refractivity (Wildman–Crippen MR) is 73.6 cm³/mol. The minimum Gasteiger partial charge on any atom is -0.493 e. The Hall–Kier alpha value is -2.17. The Morgan fingerprint density at radius 1 is 1.17 bits per heavy atom. The summed E-state index contributed by atoms with van der Waals surface area (Å²) in [5.74, 6) is 2.01. The van der Waals surface area contributed by atoms with Crippen LogP contribution in [-0.4, -0.2) is 33.3 Å². The van der Waals surface area contributed by atoms with Crippen molar-refractivity contribution in [2.24, 2.45) is 0 Å². The fraction of sp³-hybridized carbons (Fsp3) is 0.308. The van der Waals surface area contributed by atoms with Gasteiger partial charge in [0.1, 0.15) is 5.82 Å². The van der Waals surface area contributed by atoms with E-state index in [9.17, 15) is 0 Å². The van der Waals surface area contributed by atoms with Crippen molar-refractivity contribution in [2.45, 2.75) is 0 Å². The van der Waals surface area contributed by atoms with Crippen LogP contribution in [0.25, 0.3) is 10.8 Å². The highest BCUT2D eigenvalue weighted by atomic mass is 16.5. The molecule has 5 nitrogen and oxygen atoms in total. The summed E-state index contributed by atoms with van der Waals surface area (Å²) in [6, 6.07) is 3.77. The number of anilines is 2. The molecule has 2 rings (SSSR count). The Morgan fingerprint density at radius 3 is 2.44 bits per heavy atom. The molecule has 2 N–H and O–H groups in total. The lowest BCUT2D eigenvalue weighted by Gasteiger charge is -2.17. The first-order valence-corrected chi connectivity index (χ1v) is 5.56. The van der Waals surface area contributed by atoms with Gasteiger partial charge in [-0.3, -0.25) is 0 Å². The highest BCUT2D eigenvalue weighted by Gasteiger charge is 2.15. The molecule has 96 valence electrons. The maximum atomic E-state index is 6.12. The number of fused-ring (bicyclic) bond motifs is 1. The van der Waals surface area contributed by atoms with E-state index in [0.717, 1.165) is 16.6 Å². The number of aromatic nitrogens is 1. The fourth-order valence-corrected chi connectivity index (χ4v) is 2.01. The summed E-state index contributed by atoms with van der Waals surface area (Å²) in [6.07, 6.45) is 1.74. The van der Waals surface area contributed by atoms with Gasteiger partial charge in [-0.25, -0.2) is 4.98 Å². The number of methoxy groups -OCH3 is 2. The summed E-state index contributed by atoms with van der Waals surface area (Å²) < 4.78 is 10.6. The van der Waals surface area contributed by atoms with Crippen molar-refractivity contribution in [3.63, 3.8) is 0 Å². The van der Waals surface area contributed by atoms with Gasteiger partial charge in [-0.15, -0.1) is 0 Å². The first-order valence-electron chi connectivity index (χ1n) is 5.56. The van der Waals surface area contributed by atoms with Crippen LogP contribution >= 0.6 is 0 Å². The van der Waals surface area contributed by atoms with E-state index in [1.54, 1.807) is 20.4 Å². The lowest BCUT2D eigenvalue weighted by atomic mass is 10.1. The van der Waals surface area contributed by atoms with Crippen LogP contribution in [0.2, 0.25) is 0 Å². The third-order valence-electron chi connectivity index (χ3n) is 2.85. The Morgan fingerprint density at radius 2 is 1.89 bits per heavy atom. The number of pyridine rings is 1. The van der Waals surface area contributed by atoms with E-state index in [1.807, 2.05) is 31.1 Å². The van der Waals surface area contributed by atoms with Crippen molar-refractivity contribution >= 4 is 22.3 Å². The second-order valence-corrected chi connectivity index (χ2v) is 4.15. The Balaban J connectivity index is 2.85. The molecule has 0 radical (unpaired) electrons. The maximum Gasteiger partial charge on any atom is 0.184 e. The fourth-order valence-electron chi connectivity index (χ4n) is 2.01. The third kappa shape index (κ3) is 1.77. The number of hydrogen-bond acceptors (Lipinski definition) is 5. The average Bonchev–Trinajstić information content (AvgIpc) is 2.37. The molecule has 0 atom stereocenters. The van der Waals surface area contributed by atoms with E-state index < -0.39 is 0 Å². The molecule has 0 fully saturated rings. The first kappa shape index (κ1) is 12.3. The van der Waals surface area contributed by atoms with Gasteiger partial charge in [0, 0.05) is 31.1 Å². The molecule has 1 heterocycles. The zero-order valence-electron chi connectivity index (χ0n) is 11.0. The molecule has 0 aliphatic rings. The molecule has 0 amide bonds. The predicted octanol–water partition coefficient (Wildman–Crippen LogP) is 1.90. The lowest BCUT2D eigenvalue weighted by Crippen LogP contribution is -2.11. The van der Waals surface area contributed by atoms with Gasteiger partial charge in [0.15, 0.2) is 11.5 Å². The molecule has 1 aromatic carbocycles. The topological polar surface area (TPSA) is 60.6 Å². The number of rotatable bonds is 3. The van der Waals surface area contributed by atoms with Crippen LogP contribution in [0.1, 0.15) is 0 Å². The van der Waals surface area contributed by atoms with Gasteiger partial charge in [-0.1, -0.05) is 0 Å². The number of hydrogen-bond donors (Lipinski definition) is 1. The summed E-state index contributed by atoms with van der Waals surface area (Å²) in [5, 5.41) is 1.85. The Bertz CT molecular complexity index is 582. The molecule has 1 aromatic heterocycles. The van der Waals surface area contributed by atoms with E-state index in [2.05, 4.69) is 4.98 Å². The van der Waals surface area contributed by atoms with Crippen molar-refractivity contribution < 1.29 is 9.47 Å². The van der Waals surface area contributed by atoms with Gasteiger partial charge in [0.2, 0.25) is 0 Å². The molecule has 2 aromatic rings. The van der Waals surface area contributed by atoms with E-state index >= 15 is 0 Å². The van der Waals surface area contributed by atoms with Crippen molar-refractivity contribution in [3.05, 3.63) is 18.3 Å². The molecular weight excluding hydrogens is 230 g/mol. The van der Waals surface area contributed by atoms with Crippen LogP contribution in [0.3, 0.4) is 0 Å². The van der Waals surface area contributed by atoms with Crippen LogP contribution in [0, 0.1) is 0 Å². The monoisotopic (exact) mass is 247 g/mol. The summed E-state index contributed by atoms with van der Waals surface area (Å²) in [4.78, 5) is 6.29. The van der Waals surface area contributed by atoms with Gasteiger partial charge < -0.3 is 20.1 Å². The molecule has 0 aliphatic carbocycles. The van der Waals surface area contributed by atoms with Crippen molar-refractivity contribution in [2.75, 3.05) is 38.9 Å². The number of nitrogens with zero attached hydrogens (tertiary/aromatic N) is 2. The first-order chi connectivity index (χ1) is 8.60. The molecule has 0 unspecified atom stereocenters. The average molecular weight is 247 g/mol. The van der Waals surface area contributed by atoms with E-state index in [1.165, 1.54) is 0 Å². The van der Waals surface area contributed by atoms with Crippen LogP contribution in [0.15, 0.2) is 18.3 Å². The number of benzene rings is 1. The van der Waals surface area contributed by atoms with E-state index in [-0.39, 0.29) is 0 Å². The number of nitrogens with two attached hydrogens (primary N) is 1. The number of ether oxygens (including phenoxy) is 2. The van der Waals surface area contributed by atoms with Gasteiger partial charge in [0.25, 0.3) is 0 Å². The molecular formula is C13H17N3O2. The van der Waals surface area contributed by atoms with Crippen LogP contribution in [0.4, 0.5) is 11.5 Å². The van der Waals surface area contributed by atoms with Crippen molar-refractivity contribution in [1.29, 1.82) is 0 Å². The zero-order chi connectivity index (χ0) is 13.3. The molecule has 0 saturated carbocycles. The van der Waals surface area contributed by atoms with Gasteiger partial charge in [-0.05, 0) is 12.1 Å². The van der Waals surface area contributed by atoms with Crippen molar-refractivity contribution in [3.8, 4) is 11.5 Å². The van der Waals surface area contributed by atoms with Crippen LogP contribution in [0.5, 0.6) is 11.5 Å². The SMILES string of the molecule is COc1cc2c(N(C)C)nccc2c(N)c1OC. The summed E-state index contributed by atoms with van der Waals surface area (Å²) in [5.41, 5.74) is 6.69. The minimum absolute atomic E-state index is 0.556. The highest BCUT2D eigenvalue weighted by molar-refractivity contribution is 6.03. The van der Waals surface area contributed by atoms with E-state index in [0.29, 0.717) is 17.2 Å². The standard InChI is InChI=1S/C13H17N3O2/c1-16(2)13-9-7-10(17-3)12(18-4)11(14)8(9)5-6-15-13/h5-7H,14H2,1-4H3. The third-order valence-corrected chi connectivity index (χ3v) is 2.85. The summed E-state index contributed by atoms with van der Waals surface area (Å²) >= 11 is 0. The highest BCUT2D eigenvalue weighted by Crippen LogP contribution is 2.41. The number of nitrogen functional groups attached to an aromatic ring is 1. The lowest BCUT2D eigenvalue weighted by molar-refractivity contribution is 0.357. The van der Waals surface area contributed by atoms with Gasteiger partial charge in [0.05, 0.1) is 19.9 Å². The maximum absolute atomic E-state index is 6.12. The molecule has 0 bridgehead atoms. The molecule has 0 spiro atoms. The van der Waals surface area contributed by atoms with Crippen molar-refractivity contribution in [1.82, 2.24) is 4.98 Å². The summed E-state index contributed by atoms with van der Waals surface area (Å²) in [6.45, 7) is 0. The van der Waals surface area contributed by atoms with Crippen LogP contribution in [-0.2, 0) is 0 Å². The normalized spacial score (nSPS) is 10.4. The Labute approximate surface area is 106 Å². The summed E-state index contributed by atoms with van der Waals surface area (Å²) in [7, 11) is 7.05. The smallest absolute Gasteiger partial charge is 0.184 e. The second-order valence-electron chi connectivity index (χ2n) is 4.15. The molecule has 0 saturated heterocycles. The van der Waals surface area contributed by atoms with E-state index in [4.69, 9.17) is 15.2 Å². The Kier molecular flexibility index (Phi) is 3.14. The van der Waals surface area contributed by atoms with Gasteiger partial charge in [-0.2, -0.15) is 0 Å². The van der Waals surface area contributed by atoms with Crippen LogP contribution < -0.4 is 20.1 Å². The minimum atomic E-state index is 0.556. The zero-order valence-corrected chi connectivity index (χ0v) is 11.0. The quantitative estimate of drug-likeness (QED) is 0.839.